The molecule has 0 radical (unpaired) electrons. The van der Waals surface area contributed by atoms with Crippen molar-refractivity contribution in [3.63, 3.8) is 0 Å². The fourth-order valence-corrected chi connectivity index (χ4v) is 3.46. The third-order valence-corrected chi connectivity index (χ3v) is 4.25. The molecule has 7 heteroatoms. The molecule has 1 aromatic rings. The van der Waals surface area contributed by atoms with Crippen LogP contribution in [0.15, 0.2) is 18.2 Å². The molecule has 1 aliphatic heterocycles. The number of halogens is 2. The smallest absolute Gasteiger partial charge is 0.216 e. The highest BCUT2D eigenvalue weighted by Gasteiger charge is 2.21. The molecule has 0 atom stereocenters. The van der Waals surface area contributed by atoms with Crippen molar-refractivity contribution in [3.05, 3.63) is 35.4 Å². The molecule has 4 nitrogen and oxygen atoms in total. The van der Waals surface area contributed by atoms with Gasteiger partial charge < -0.3 is 4.74 Å². The zero-order valence-corrected chi connectivity index (χ0v) is 11.1. The first kappa shape index (κ1) is 14.4. The summed E-state index contributed by atoms with van der Waals surface area (Å²) in [5.41, 5.74) is 0.0945. The second kappa shape index (κ2) is 5.94. The van der Waals surface area contributed by atoms with Crippen molar-refractivity contribution >= 4 is 10.0 Å². The summed E-state index contributed by atoms with van der Waals surface area (Å²) in [4.78, 5) is 0. The average molecular weight is 291 g/mol. The molecule has 19 heavy (non-hydrogen) atoms. The van der Waals surface area contributed by atoms with E-state index in [9.17, 15) is 17.2 Å². The normalized spacial score (nSPS) is 17.6. The van der Waals surface area contributed by atoms with Crippen LogP contribution in [0.1, 0.15) is 18.4 Å². The second-order valence-electron chi connectivity index (χ2n) is 4.54. The van der Waals surface area contributed by atoms with Crippen LogP contribution in [-0.2, 0) is 20.5 Å². The molecule has 0 bridgehead atoms. The van der Waals surface area contributed by atoms with Gasteiger partial charge in [-0.15, -0.1) is 0 Å². The highest BCUT2D eigenvalue weighted by molar-refractivity contribution is 7.88. The van der Waals surface area contributed by atoms with Crippen LogP contribution in [0.2, 0.25) is 0 Å². The van der Waals surface area contributed by atoms with E-state index in [0.29, 0.717) is 32.1 Å². The molecule has 0 saturated carbocycles. The largest absolute Gasteiger partial charge is 0.381 e. The SMILES string of the molecule is O=S(=O)(Cc1cc(F)cc(F)c1)NC1CCOCC1. The summed E-state index contributed by atoms with van der Waals surface area (Å²) in [6.07, 6.45) is 1.22. The van der Waals surface area contributed by atoms with E-state index in [1.807, 2.05) is 0 Å². The van der Waals surface area contributed by atoms with Gasteiger partial charge in [-0.25, -0.2) is 21.9 Å². The maximum absolute atomic E-state index is 13.0. The van der Waals surface area contributed by atoms with E-state index in [1.54, 1.807) is 0 Å². The van der Waals surface area contributed by atoms with Crippen LogP contribution in [-0.4, -0.2) is 27.7 Å². The van der Waals surface area contributed by atoms with Crippen LogP contribution in [0.3, 0.4) is 0 Å². The molecule has 1 aromatic carbocycles. The van der Waals surface area contributed by atoms with Crippen molar-refractivity contribution in [2.24, 2.45) is 0 Å². The van der Waals surface area contributed by atoms with Gasteiger partial charge in [0.2, 0.25) is 10.0 Å². The monoisotopic (exact) mass is 291 g/mol. The van der Waals surface area contributed by atoms with Gasteiger partial charge in [-0.05, 0) is 30.5 Å². The van der Waals surface area contributed by atoms with E-state index in [2.05, 4.69) is 4.72 Å². The molecule has 0 aromatic heterocycles. The maximum Gasteiger partial charge on any atom is 0.216 e. The van der Waals surface area contributed by atoms with Gasteiger partial charge in [-0.3, -0.25) is 0 Å². The number of sulfonamides is 1. The second-order valence-corrected chi connectivity index (χ2v) is 6.30. The van der Waals surface area contributed by atoms with E-state index >= 15 is 0 Å². The lowest BCUT2D eigenvalue weighted by Crippen LogP contribution is -2.39. The Morgan fingerprint density at radius 1 is 1.16 bits per heavy atom. The van der Waals surface area contributed by atoms with Gasteiger partial charge in [0.1, 0.15) is 11.6 Å². The third kappa shape index (κ3) is 4.52. The molecular formula is C12H15F2NO3S. The number of hydrogen-bond acceptors (Lipinski definition) is 3. The molecule has 0 spiro atoms. The van der Waals surface area contributed by atoms with Crippen molar-refractivity contribution in [3.8, 4) is 0 Å². The van der Waals surface area contributed by atoms with Gasteiger partial charge in [-0.2, -0.15) is 0 Å². The molecule has 1 saturated heterocycles. The number of rotatable bonds is 4. The van der Waals surface area contributed by atoms with Gasteiger partial charge in [0.15, 0.2) is 0 Å². The Bertz CT molecular complexity index is 522. The predicted octanol–water partition coefficient (Wildman–Crippen LogP) is 1.56. The zero-order valence-electron chi connectivity index (χ0n) is 10.2. The maximum atomic E-state index is 13.0. The van der Waals surface area contributed by atoms with E-state index in [4.69, 9.17) is 4.74 Å². The summed E-state index contributed by atoms with van der Waals surface area (Å²) in [6, 6.07) is 2.58. The quantitative estimate of drug-likeness (QED) is 0.916. The van der Waals surface area contributed by atoms with Crippen LogP contribution < -0.4 is 4.72 Å². The lowest BCUT2D eigenvalue weighted by molar-refractivity contribution is 0.0832. The Hall–Kier alpha value is -1.05. The van der Waals surface area contributed by atoms with Gasteiger partial charge in [0.25, 0.3) is 0 Å². The Labute approximate surface area is 110 Å². The Kier molecular flexibility index (Phi) is 4.49. The summed E-state index contributed by atoms with van der Waals surface area (Å²) in [7, 11) is -3.61. The minimum absolute atomic E-state index is 0.0945. The minimum atomic E-state index is -3.61. The lowest BCUT2D eigenvalue weighted by Gasteiger charge is -2.22. The van der Waals surface area contributed by atoms with Gasteiger partial charge in [0, 0.05) is 25.3 Å². The first-order chi connectivity index (χ1) is 8.94. The topological polar surface area (TPSA) is 55.4 Å². The first-order valence-corrected chi connectivity index (χ1v) is 7.62. The molecule has 0 unspecified atom stereocenters. The molecule has 106 valence electrons. The number of benzene rings is 1. The highest BCUT2D eigenvalue weighted by atomic mass is 32.2. The predicted molar refractivity (Wildman–Crippen MR) is 66.0 cm³/mol. The highest BCUT2D eigenvalue weighted by Crippen LogP contribution is 2.13. The van der Waals surface area contributed by atoms with Gasteiger partial charge >= 0.3 is 0 Å². The number of nitrogens with one attached hydrogen (secondary N) is 1. The average Bonchev–Trinajstić information content (AvgIpc) is 2.27. The number of hydrogen-bond donors (Lipinski definition) is 1. The van der Waals surface area contributed by atoms with Crippen molar-refractivity contribution in [2.75, 3.05) is 13.2 Å². The van der Waals surface area contributed by atoms with Crippen LogP contribution in [0.25, 0.3) is 0 Å². The van der Waals surface area contributed by atoms with E-state index in [1.165, 1.54) is 0 Å². The fraction of sp³-hybridized carbons (Fsp3) is 0.500. The summed E-state index contributed by atoms with van der Waals surface area (Å²) >= 11 is 0. The van der Waals surface area contributed by atoms with Gasteiger partial charge in [-0.1, -0.05) is 0 Å². The van der Waals surface area contributed by atoms with Crippen molar-refractivity contribution in [1.82, 2.24) is 4.72 Å². The van der Waals surface area contributed by atoms with Crippen LogP contribution in [0.5, 0.6) is 0 Å². The molecule has 1 heterocycles. The van der Waals surface area contributed by atoms with E-state index < -0.39 is 27.4 Å². The molecule has 0 aliphatic carbocycles. The minimum Gasteiger partial charge on any atom is -0.381 e. The molecule has 0 amide bonds. The summed E-state index contributed by atoms with van der Waals surface area (Å²) < 4.78 is 57.4. The van der Waals surface area contributed by atoms with Gasteiger partial charge in [0.05, 0.1) is 5.75 Å². The molecule has 1 N–H and O–H groups in total. The zero-order chi connectivity index (χ0) is 13.9. The third-order valence-electron chi connectivity index (χ3n) is 2.85. The molecular weight excluding hydrogens is 276 g/mol. The summed E-state index contributed by atoms with van der Waals surface area (Å²) in [5.74, 6) is -1.99. The lowest BCUT2D eigenvalue weighted by atomic mass is 10.1. The van der Waals surface area contributed by atoms with Crippen LogP contribution in [0.4, 0.5) is 8.78 Å². The van der Waals surface area contributed by atoms with E-state index in [0.717, 1.165) is 12.1 Å². The van der Waals surface area contributed by atoms with Crippen LogP contribution >= 0.6 is 0 Å². The summed E-state index contributed by atoms with van der Waals surface area (Å²) in [6.45, 7) is 1.03. The standard InChI is InChI=1S/C12H15F2NO3S/c13-10-5-9(6-11(14)7-10)8-19(16,17)15-12-1-3-18-4-2-12/h5-7,12,15H,1-4,8H2. The molecule has 2 rings (SSSR count). The van der Waals surface area contributed by atoms with Crippen LogP contribution in [0, 0.1) is 11.6 Å². The Morgan fingerprint density at radius 2 is 1.74 bits per heavy atom. The molecule has 1 fully saturated rings. The molecule has 1 aliphatic rings. The fourth-order valence-electron chi connectivity index (χ4n) is 2.02. The number of ether oxygens (including phenoxy) is 1. The van der Waals surface area contributed by atoms with Crippen molar-refractivity contribution in [2.45, 2.75) is 24.6 Å². The first-order valence-electron chi connectivity index (χ1n) is 5.97. The Balaban J connectivity index is 2.03. The van der Waals surface area contributed by atoms with Crippen molar-refractivity contribution < 1.29 is 21.9 Å². The summed E-state index contributed by atoms with van der Waals surface area (Å²) in [5, 5.41) is 0. The van der Waals surface area contributed by atoms with Crippen molar-refractivity contribution in [1.29, 1.82) is 0 Å². The van der Waals surface area contributed by atoms with E-state index in [-0.39, 0.29) is 11.6 Å². The Morgan fingerprint density at radius 3 is 2.32 bits per heavy atom.